The molecule has 0 saturated carbocycles. The van der Waals surface area contributed by atoms with Crippen molar-refractivity contribution >= 4 is 11.6 Å². The largest absolute Gasteiger partial charge is 0.326 e. The van der Waals surface area contributed by atoms with Crippen LogP contribution < -0.4 is 5.32 Å². The summed E-state index contributed by atoms with van der Waals surface area (Å²) < 4.78 is 13.0. The van der Waals surface area contributed by atoms with Crippen molar-refractivity contribution in [2.24, 2.45) is 0 Å². The summed E-state index contributed by atoms with van der Waals surface area (Å²) in [4.78, 5) is 10.7. The molecule has 3 heteroatoms. The van der Waals surface area contributed by atoms with E-state index >= 15 is 0 Å². The van der Waals surface area contributed by atoms with Crippen LogP contribution in [0.4, 0.5) is 10.1 Å². The standard InChI is InChI=1S/C10H12FNO/c1-3-8-6-9(12-7(2)13)4-5-10(8)11/h4-6H,3H2,1-2H3,(H,12,13). The van der Waals surface area contributed by atoms with Crippen molar-refractivity contribution in [3.63, 3.8) is 0 Å². The van der Waals surface area contributed by atoms with Crippen LogP contribution >= 0.6 is 0 Å². The zero-order chi connectivity index (χ0) is 9.84. The van der Waals surface area contributed by atoms with Gasteiger partial charge in [0.2, 0.25) is 5.91 Å². The number of nitrogens with one attached hydrogen (secondary N) is 1. The maximum absolute atomic E-state index is 13.0. The Labute approximate surface area is 76.8 Å². The Balaban J connectivity index is 2.92. The monoisotopic (exact) mass is 181 g/mol. The fraction of sp³-hybridized carbons (Fsp3) is 0.300. The summed E-state index contributed by atoms with van der Waals surface area (Å²) in [5.74, 6) is -0.370. The summed E-state index contributed by atoms with van der Waals surface area (Å²) in [7, 11) is 0. The van der Waals surface area contributed by atoms with Crippen LogP contribution in [-0.4, -0.2) is 5.91 Å². The van der Waals surface area contributed by atoms with E-state index in [1.54, 1.807) is 12.1 Å². The van der Waals surface area contributed by atoms with Crippen molar-refractivity contribution in [3.8, 4) is 0 Å². The van der Waals surface area contributed by atoms with E-state index in [4.69, 9.17) is 0 Å². The minimum absolute atomic E-state index is 0.145. The van der Waals surface area contributed by atoms with E-state index in [1.807, 2.05) is 6.92 Å². The zero-order valence-corrected chi connectivity index (χ0v) is 7.73. The Morgan fingerprint density at radius 3 is 2.77 bits per heavy atom. The summed E-state index contributed by atoms with van der Waals surface area (Å²) in [6.07, 6.45) is 0.624. The van der Waals surface area contributed by atoms with Gasteiger partial charge in [-0.15, -0.1) is 0 Å². The molecule has 2 nitrogen and oxygen atoms in total. The molecule has 70 valence electrons. The van der Waals surface area contributed by atoms with E-state index in [9.17, 15) is 9.18 Å². The molecular weight excluding hydrogens is 169 g/mol. The number of carbonyl (C=O) groups excluding carboxylic acids is 1. The van der Waals surface area contributed by atoms with Gasteiger partial charge in [-0.05, 0) is 30.2 Å². The van der Waals surface area contributed by atoms with Crippen molar-refractivity contribution in [1.29, 1.82) is 0 Å². The van der Waals surface area contributed by atoms with E-state index in [-0.39, 0.29) is 11.7 Å². The molecule has 0 radical (unpaired) electrons. The molecule has 0 unspecified atom stereocenters. The minimum Gasteiger partial charge on any atom is -0.326 e. The van der Waals surface area contributed by atoms with Crippen molar-refractivity contribution in [2.75, 3.05) is 5.32 Å². The van der Waals surface area contributed by atoms with E-state index in [0.717, 1.165) is 0 Å². The quantitative estimate of drug-likeness (QED) is 0.745. The molecule has 13 heavy (non-hydrogen) atoms. The Kier molecular flexibility index (Phi) is 3.01. The van der Waals surface area contributed by atoms with Crippen molar-refractivity contribution in [3.05, 3.63) is 29.6 Å². The van der Waals surface area contributed by atoms with Crippen LogP contribution in [-0.2, 0) is 11.2 Å². The lowest BCUT2D eigenvalue weighted by atomic mass is 10.1. The SMILES string of the molecule is CCc1cc(NC(C)=O)ccc1F. The Morgan fingerprint density at radius 1 is 1.54 bits per heavy atom. The van der Waals surface area contributed by atoms with Gasteiger partial charge in [-0.25, -0.2) is 4.39 Å². The van der Waals surface area contributed by atoms with Crippen LogP contribution in [0, 0.1) is 5.82 Å². The van der Waals surface area contributed by atoms with Gasteiger partial charge in [0, 0.05) is 12.6 Å². The molecule has 0 aliphatic rings. The third kappa shape index (κ3) is 2.54. The van der Waals surface area contributed by atoms with Gasteiger partial charge in [-0.1, -0.05) is 6.92 Å². The topological polar surface area (TPSA) is 29.1 Å². The third-order valence-corrected chi connectivity index (χ3v) is 1.75. The van der Waals surface area contributed by atoms with Gasteiger partial charge in [0.05, 0.1) is 0 Å². The molecule has 1 amide bonds. The first-order valence-electron chi connectivity index (χ1n) is 4.19. The molecular formula is C10H12FNO. The van der Waals surface area contributed by atoms with Gasteiger partial charge in [0.25, 0.3) is 0 Å². The van der Waals surface area contributed by atoms with Crippen LogP contribution in [0.1, 0.15) is 19.4 Å². The molecule has 0 fully saturated rings. The highest BCUT2D eigenvalue weighted by molar-refractivity contribution is 5.88. The van der Waals surface area contributed by atoms with Crippen LogP contribution in [0.5, 0.6) is 0 Å². The zero-order valence-electron chi connectivity index (χ0n) is 7.73. The second-order valence-corrected chi connectivity index (χ2v) is 2.84. The highest BCUT2D eigenvalue weighted by Gasteiger charge is 2.01. The van der Waals surface area contributed by atoms with Crippen molar-refractivity contribution < 1.29 is 9.18 Å². The minimum atomic E-state index is -0.225. The van der Waals surface area contributed by atoms with Crippen molar-refractivity contribution in [2.45, 2.75) is 20.3 Å². The number of hydrogen-bond acceptors (Lipinski definition) is 1. The normalized spacial score (nSPS) is 9.77. The molecule has 0 heterocycles. The number of amides is 1. The fourth-order valence-electron chi connectivity index (χ4n) is 1.13. The van der Waals surface area contributed by atoms with Gasteiger partial charge < -0.3 is 5.32 Å². The fourth-order valence-corrected chi connectivity index (χ4v) is 1.13. The molecule has 1 N–H and O–H groups in total. The number of hydrogen-bond donors (Lipinski definition) is 1. The number of carbonyl (C=O) groups is 1. The Morgan fingerprint density at radius 2 is 2.23 bits per heavy atom. The molecule has 1 aromatic carbocycles. The first-order valence-corrected chi connectivity index (χ1v) is 4.19. The maximum atomic E-state index is 13.0. The molecule has 0 saturated heterocycles. The van der Waals surface area contributed by atoms with E-state index in [0.29, 0.717) is 17.7 Å². The molecule has 0 atom stereocenters. The van der Waals surface area contributed by atoms with Crippen LogP contribution in [0.15, 0.2) is 18.2 Å². The lowest BCUT2D eigenvalue weighted by Crippen LogP contribution is -2.06. The molecule has 0 aromatic heterocycles. The summed E-state index contributed by atoms with van der Waals surface area (Å²) in [5, 5.41) is 2.60. The number of rotatable bonds is 2. The number of benzene rings is 1. The summed E-state index contributed by atoms with van der Waals surface area (Å²) >= 11 is 0. The molecule has 0 bridgehead atoms. The highest BCUT2D eigenvalue weighted by Crippen LogP contribution is 2.14. The number of anilines is 1. The van der Waals surface area contributed by atoms with Crippen LogP contribution in [0.25, 0.3) is 0 Å². The van der Waals surface area contributed by atoms with E-state index in [1.165, 1.54) is 13.0 Å². The third-order valence-electron chi connectivity index (χ3n) is 1.75. The van der Waals surface area contributed by atoms with E-state index in [2.05, 4.69) is 5.32 Å². The van der Waals surface area contributed by atoms with E-state index < -0.39 is 0 Å². The van der Waals surface area contributed by atoms with Crippen LogP contribution in [0.2, 0.25) is 0 Å². The average molecular weight is 181 g/mol. The maximum Gasteiger partial charge on any atom is 0.221 e. The number of halogens is 1. The molecule has 1 aromatic rings. The van der Waals surface area contributed by atoms with Gasteiger partial charge >= 0.3 is 0 Å². The summed E-state index contributed by atoms with van der Waals surface area (Å²) in [6, 6.07) is 4.57. The van der Waals surface area contributed by atoms with Gasteiger partial charge in [0.1, 0.15) is 5.82 Å². The first-order chi connectivity index (χ1) is 6.13. The van der Waals surface area contributed by atoms with Gasteiger partial charge in [-0.2, -0.15) is 0 Å². The highest BCUT2D eigenvalue weighted by atomic mass is 19.1. The van der Waals surface area contributed by atoms with Crippen molar-refractivity contribution in [1.82, 2.24) is 0 Å². The summed E-state index contributed by atoms with van der Waals surface area (Å²) in [5.41, 5.74) is 1.26. The lowest BCUT2D eigenvalue weighted by molar-refractivity contribution is -0.114. The molecule has 0 spiro atoms. The lowest BCUT2D eigenvalue weighted by Gasteiger charge is -2.04. The molecule has 0 aliphatic carbocycles. The predicted molar refractivity (Wildman–Crippen MR) is 50.1 cm³/mol. The Bertz CT molecular complexity index is 323. The smallest absolute Gasteiger partial charge is 0.221 e. The summed E-state index contributed by atoms with van der Waals surface area (Å²) in [6.45, 7) is 3.30. The first kappa shape index (κ1) is 9.71. The number of aryl methyl sites for hydroxylation is 1. The second-order valence-electron chi connectivity index (χ2n) is 2.84. The van der Waals surface area contributed by atoms with Crippen LogP contribution in [0.3, 0.4) is 0 Å². The predicted octanol–water partition coefficient (Wildman–Crippen LogP) is 2.35. The van der Waals surface area contributed by atoms with Gasteiger partial charge in [-0.3, -0.25) is 4.79 Å². The second kappa shape index (κ2) is 4.03. The molecule has 0 aliphatic heterocycles. The Hall–Kier alpha value is -1.38. The average Bonchev–Trinajstić information content (AvgIpc) is 2.07. The van der Waals surface area contributed by atoms with Gasteiger partial charge in [0.15, 0.2) is 0 Å². The molecule has 1 rings (SSSR count).